The third-order valence-electron chi connectivity index (χ3n) is 2.25. The van der Waals surface area contributed by atoms with Gasteiger partial charge in [0, 0.05) is 0 Å². The second-order valence-corrected chi connectivity index (χ2v) is 7.06. The topological polar surface area (TPSA) is 75.3 Å². The maximum Gasteiger partial charge on any atom is 0.276 e. The van der Waals surface area contributed by atoms with Crippen molar-refractivity contribution in [3.63, 3.8) is 0 Å². The fourth-order valence-corrected chi connectivity index (χ4v) is 3.13. The second-order valence-electron chi connectivity index (χ2n) is 3.61. The summed E-state index contributed by atoms with van der Waals surface area (Å²) in [6, 6.07) is 7.11. The van der Waals surface area contributed by atoms with Crippen molar-refractivity contribution < 1.29 is 13.2 Å². The molecule has 2 N–H and O–H groups in total. The van der Waals surface area contributed by atoms with Crippen molar-refractivity contribution in [1.82, 2.24) is 10.3 Å². The van der Waals surface area contributed by atoms with E-state index in [9.17, 15) is 13.2 Å². The van der Waals surface area contributed by atoms with E-state index in [4.69, 9.17) is 23.2 Å². The SMILES string of the molecule is O=C(NNS(=O)(=O)c1ccc(Cl)c(Cl)c1)c1cccs1. The first-order valence-corrected chi connectivity index (χ1v) is 8.33. The second kappa shape index (κ2) is 6.11. The van der Waals surface area contributed by atoms with Crippen molar-refractivity contribution in [3.05, 3.63) is 50.6 Å². The number of carbonyl (C=O) groups excluding carboxylic acids is 1. The fourth-order valence-electron chi connectivity index (χ4n) is 1.29. The number of halogens is 2. The van der Waals surface area contributed by atoms with Crippen LogP contribution in [0.25, 0.3) is 0 Å². The Balaban J connectivity index is 2.11. The van der Waals surface area contributed by atoms with Gasteiger partial charge in [-0.05, 0) is 29.6 Å². The minimum absolute atomic E-state index is 0.0987. The molecule has 20 heavy (non-hydrogen) atoms. The van der Waals surface area contributed by atoms with Gasteiger partial charge in [0.15, 0.2) is 0 Å². The molecule has 2 rings (SSSR count). The molecule has 0 fully saturated rings. The van der Waals surface area contributed by atoms with E-state index in [2.05, 4.69) is 5.43 Å². The van der Waals surface area contributed by atoms with Crippen molar-refractivity contribution in [1.29, 1.82) is 0 Å². The molecule has 0 atom stereocenters. The van der Waals surface area contributed by atoms with Gasteiger partial charge in [0.05, 0.1) is 19.8 Å². The van der Waals surface area contributed by atoms with Crippen LogP contribution in [0.2, 0.25) is 10.0 Å². The Morgan fingerprint density at radius 3 is 2.50 bits per heavy atom. The Hall–Kier alpha value is -1.12. The molecule has 0 aliphatic heterocycles. The van der Waals surface area contributed by atoms with Crippen LogP contribution < -0.4 is 10.3 Å². The third-order valence-corrected chi connectivity index (χ3v) is 5.10. The monoisotopic (exact) mass is 350 g/mol. The zero-order chi connectivity index (χ0) is 14.8. The molecule has 0 radical (unpaired) electrons. The summed E-state index contributed by atoms with van der Waals surface area (Å²) < 4.78 is 23.9. The Kier molecular flexibility index (Phi) is 4.66. The van der Waals surface area contributed by atoms with Crippen molar-refractivity contribution in [2.75, 3.05) is 0 Å². The highest BCUT2D eigenvalue weighted by Gasteiger charge is 2.17. The first-order chi connectivity index (χ1) is 9.40. The number of hydrogen-bond donors (Lipinski definition) is 2. The van der Waals surface area contributed by atoms with Crippen LogP contribution >= 0.6 is 34.5 Å². The zero-order valence-corrected chi connectivity index (χ0v) is 12.9. The third kappa shape index (κ3) is 3.50. The van der Waals surface area contributed by atoms with E-state index < -0.39 is 15.9 Å². The van der Waals surface area contributed by atoms with E-state index in [1.54, 1.807) is 17.5 Å². The van der Waals surface area contributed by atoms with Crippen LogP contribution in [0.5, 0.6) is 0 Å². The van der Waals surface area contributed by atoms with Gasteiger partial charge in [0.1, 0.15) is 0 Å². The lowest BCUT2D eigenvalue weighted by Crippen LogP contribution is -2.41. The number of nitrogens with one attached hydrogen (secondary N) is 2. The van der Waals surface area contributed by atoms with Crippen LogP contribution in [-0.2, 0) is 10.0 Å². The van der Waals surface area contributed by atoms with E-state index >= 15 is 0 Å². The van der Waals surface area contributed by atoms with Crippen molar-refractivity contribution >= 4 is 50.5 Å². The van der Waals surface area contributed by atoms with Gasteiger partial charge in [-0.25, -0.2) is 8.42 Å². The molecule has 0 aliphatic carbocycles. The molecule has 0 bridgehead atoms. The Morgan fingerprint density at radius 2 is 1.90 bits per heavy atom. The number of sulfonamides is 1. The van der Waals surface area contributed by atoms with E-state index in [1.807, 2.05) is 4.83 Å². The van der Waals surface area contributed by atoms with Crippen LogP contribution in [-0.4, -0.2) is 14.3 Å². The van der Waals surface area contributed by atoms with Gasteiger partial charge in [-0.15, -0.1) is 16.2 Å². The van der Waals surface area contributed by atoms with Gasteiger partial charge in [-0.1, -0.05) is 29.3 Å². The highest BCUT2D eigenvalue weighted by Crippen LogP contribution is 2.24. The summed E-state index contributed by atoms with van der Waals surface area (Å²) in [7, 11) is -3.91. The van der Waals surface area contributed by atoms with Crippen molar-refractivity contribution in [3.8, 4) is 0 Å². The molecule has 0 aliphatic rings. The maximum absolute atomic E-state index is 11.9. The average Bonchev–Trinajstić information content (AvgIpc) is 2.93. The smallest absolute Gasteiger partial charge is 0.273 e. The number of amides is 1. The van der Waals surface area contributed by atoms with E-state index in [0.29, 0.717) is 4.88 Å². The Labute approximate surface area is 129 Å². The van der Waals surface area contributed by atoms with E-state index in [-0.39, 0.29) is 14.9 Å². The summed E-state index contributed by atoms with van der Waals surface area (Å²) in [5.41, 5.74) is 2.12. The molecule has 0 unspecified atom stereocenters. The Bertz CT molecular complexity index is 730. The van der Waals surface area contributed by atoms with Crippen LogP contribution in [0.15, 0.2) is 40.6 Å². The van der Waals surface area contributed by atoms with Crippen LogP contribution in [0, 0.1) is 0 Å². The predicted molar refractivity (Wildman–Crippen MR) is 78.6 cm³/mol. The molecule has 0 spiro atoms. The van der Waals surface area contributed by atoms with Crippen LogP contribution in [0.1, 0.15) is 9.67 Å². The molecule has 1 heterocycles. The number of hydrazine groups is 1. The number of hydrogen-bond acceptors (Lipinski definition) is 4. The number of rotatable bonds is 4. The molecule has 1 aromatic heterocycles. The first-order valence-electron chi connectivity index (χ1n) is 5.21. The summed E-state index contributed by atoms with van der Waals surface area (Å²) >= 11 is 12.7. The molecule has 0 saturated heterocycles. The predicted octanol–water partition coefficient (Wildman–Crippen LogP) is 2.68. The van der Waals surface area contributed by atoms with Gasteiger partial charge < -0.3 is 0 Å². The molecule has 0 saturated carbocycles. The fraction of sp³-hybridized carbons (Fsp3) is 0. The summed E-state index contributed by atoms with van der Waals surface area (Å²) in [6.45, 7) is 0. The number of carbonyl (C=O) groups is 1. The zero-order valence-electron chi connectivity index (χ0n) is 9.76. The number of benzene rings is 1. The lowest BCUT2D eigenvalue weighted by Gasteiger charge is -2.08. The largest absolute Gasteiger partial charge is 0.276 e. The van der Waals surface area contributed by atoms with Gasteiger partial charge in [-0.3, -0.25) is 10.2 Å². The summed E-state index contributed by atoms with van der Waals surface area (Å²) in [5.74, 6) is -0.538. The lowest BCUT2D eigenvalue weighted by molar-refractivity contribution is 0.0949. The summed E-state index contributed by atoms with van der Waals surface area (Å²) in [6.07, 6.45) is 0. The molecular weight excluding hydrogens is 343 g/mol. The minimum atomic E-state index is -3.91. The molecule has 1 aromatic carbocycles. The number of thiophene rings is 1. The van der Waals surface area contributed by atoms with Crippen LogP contribution in [0.3, 0.4) is 0 Å². The van der Waals surface area contributed by atoms with Crippen LogP contribution in [0.4, 0.5) is 0 Å². The molecule has 2 aromatic rings. The first kappa shape index (κ1) is 15.3. The van der Waals surface area contributed by atoms with Gasteiger partial charge in [0.25, 0.3) is 15.9 Å². The molecular formula is C11H8Cl2N2O3S2. The summed E-state index contributed by atoms with van der Waals surface area (Å²) in [4.78, 5) is 13.9. The van der Waals surface area contributed by atoms with Crippen molar-refractivity contribution in [2.24, 2.45) is 0 Å². The summed E-state index contributed by atoms with van der Waals surface area (Å²) in [5, 5.41) is 2.06. The molecule has 106 valence electrons. The highest BCUT2D eigenvalue weighted by atomic mass is 35.5. The lowest BCUT2D eigenvalue weighted by atomic mass is 10.4. The van der Waals surface area contributed by atoms with E-state index in [1.165, 1.54) is 29.5 Å². The Morgan fingerprint density at radius 1 is 1.15 bits per heavy atom. The molecule has 1 amide bonds. The molecule has 5 nitrogen and oxygen atoms in total. The average molecular weight is 351 g/mol. The van der Waals surface area contributed by atoms with E-state index in [0.717, 1.165) is 0 Å². The van der Waals surface area contributed by atoms with Gasteiger partial charge in [-0.2, -0.15) is 0 Å². The standard InChI is InChI=1S/C11H8Cl2N2O3S2/c12-8-4-3-7(6-9(8)13)20(17,18)15-14-11(16)10-2-1-5-19-10/h1-6,15H,(H,14,16). The van der Waals surface area contributed by atoms with Gasteiger partial charge >= 0.3 is 0 Å². The highest BCUT2D eigenvalue weighted by molar-refractivity contribution is 7.89. The molecule has 9 heteroatoms. The minimum Gasteiger partial charge on any atom is -0.273 e. The maximum atomic E-state index is 11.9. The quantitative estimate of drug-likeness (QED) is 0.832. The van der Waals surface area contributed by atoms with Gasteiger partial charge in [0.2, 0.25) is 0 Å². The normalized spacial score (nSPS) is 11.3. The van der Waals surface area contributed by atoms with Crippen molar-refractivity contribution in [2.45, 2.75) is 4.90 Å².